The number of anilines is 1. The van der Waals surface area contributed by atoms with Gasteiger partial charge in [-0.15, -0.1) is 0 Å². The van der Waals surface area contributed by atoms with Crippen LogP contribution in [0.5, 0.6) is 0 Å². The van der Waals surface area contributed by atoms with E-state index in [1.54, 1.807) is 12.1 Å². The van der Waals surface area contributed by atoms with Crippen molar-refractivity contribution < 1.29 is 14.7 Å². The molecule has 1 rings (SSSR count). The minimum atomic E-state index is -1.07. The number of nitrogens with one attached hydrogen (secondary N) is 1. The van der Waals surface area contributed by atoms with E-state index in [1.165, 1.54) is 6.07 Å². The minimum absolute atomic E-state index is 0.0722. The zero-order valence-electron chi connectivity index (χ0n) is 10.6. The summed E-state index contributed by atoms with van der Waals surface area (Å²) in [4.78, 5) is 23.0. The third kappa shape index (κ3) is 4.79. The van der Waals surface area contributed by atoms with Crippen molar-refractivity contribution in [2.45, 2.75) is 32.2 Å². The molecule has 0 aliphatic carbocycles. The largest absolute Gasteiger partial charge is 0.478 e. The molecule has 0 radical (unpaired) electrons. The lowest BCUT2D eigenvalue weighted by atomic mass is 10.1. The highest BCUT2D eigenvalue weighted by molar-refractivity contribution is 14.1. The van der Waals surface area contributed by atoms with Gasteiger partial charge in [-0.1, -0.05) is 19.8 Å². The molecule has 0 spiro atoms. The fourth-order valence-corrected chi connectivity index (χ4v) is 2.07. The number of nitrogens with two attached hydrogens (primary N) is 1. The van der Waals surface area contributed by atoms with Crippen molar-refractivity contribution in [1.82, 2.24) is 0 Å². The maximum absolute atomic E-state index is 11.8. The zero-order chi connectivity index (χ0) is 14.4. The summed E-state index contributed by atoms with van der Waals surface area (Å²) in [6.07, 6.45) is 2.42. The number of aromatic carboxylic acids is 1. The molecule has 0 aliphatic rings. The SMILES string of the molecule is CCCC[C@H](N)C(=O)Nc1ccc(I)cc1C(=O)O. The Morgan fingerprint density at radius 3 is 2.74 bits per heavy atom. The van der Waals surface area contributed by atoms with E-state index in [2.05, 4.69) is 5.32 Å². The van der Waals surface area contributed by atoms with Gasteiger partial charge in [0.2, 0.25) is 5.91 Å². The quantitative estimate of drug-likeness (QED) is 0.665. The minimum Gasteiger partial charge on any atom is -0.478 e. The van der Waals surface area contributed by atoms with Crippen molar-refractivity contribution in [3.05, 3.63) is 27.3 Å². The number of benzene rings is 1. The fourth-order valence-electron chi connectivity index (χ4n) is 1.58. The average molecular weight is 376 g/mol. The Kier molecular flexibility index (Phi) is 6.23. The number of carboxylic acids is 1. The molecule has 0 saturated heterocycles. The molecule has 4 N–H and O–H groups in total. The Morgan fingerprint density at radius 1 is 1.47 bits per heavy atom. The predicted octanol–water partition coefficient (Wildman–Crippen LogP) is 2.45. The van der Waals surface area contributed by atoms with Crippen LogP contribution in [0.1, 0.15) is 36.5 Å². The van der Waals surface area contributed by atoms with Gasteiger partial charge in [0.05, 0.1) is 17.3 Å². The molecule has 1 atom stereocenters. The smallest absolute Gasteiger partial charge is 0.337 e. The Hall–Kier alpha value is -1.15. The second kappa shape index (κ2) is 7.44. The van der Waals surface area contributed by atoms with E-state index >= 15 is 0 Å². The third-order valence-corrected chi connectivity index (χ3v) is 3.35. The van der Waals surface area contributed by atoms with Crippen molar-refractivity contribution in [2.24, 2.45) is 5.73 Å². The molecule has 0 saturated carbocycles. The van der Waals surface area contributed by atoms with Crippen molar-refractivity contribution in [3.8, 4) is 0 Å². The van der Waals surface area contributed by atoms with Crippen LogP contribution in [0.2, 0.25) is 0 Å². The summed E-state index contributed by atoms with van der Waals surface area (Å²) in [5.74, 6) is -1.42. The second-order valence-corrected chi connectivity index (χ2v) is 5.48. The molecule has 6 heteroatoms. The highest BCUT2D eigenvalue weighted by Gasteiger charge is 2.17. The number of carboxylic acid groups (broad SMARTS) is 1. The van der Waals surface area contributed by atoms with Crippen molar-refractivity contribution in [2.75, 3.05) is 5.32 Å². The van der Waals surface area contributed by atoms with Gasteiger partial charge in [-0.05, 0) is 47.2 Å². The summed E-state index contributed by atoms with van der Waals surface area (Å²) < 4.78 is 0.795. The Labute approximate surface area is 125 Å². The van der Waals surface area contributed by atoms with Gasteiger partial charge in [0.15, 0.2) is 0 Å². The normalized spacial score (nSPS) is 11.9. The highest BCUT2D eigenvalue weighted by Crippen LogP contribution is 2.19. The standard InChI is InChI=1S/C13H17IN2O3/c1-2-3-4-10(15)12(17)16-11-6-5-8(14)7-9(11)13(18)19/h5-7,10H,2-4,15H2,1H3,(H,16,17)(H,18,19)/t10-/m0/s1. The monoisotopic (exact) mass is 376 g/mol. The highest BCUT2D eigenvalue weighted by atomic mass is 127. The van der Waals surface area contributed by atoms with Gasteiger partial charge in [-0.25, -0.2) is 4.79 Å². The summed E-state index contributed by atoms with van der Waals surface area (Å²) >= 11 is 2.02. The van der Waals surface area contributed by atoms with Crippen LogP contribution in [0.4, 0.5) is 5.69 Å². The second-order valence-electron chi connectivity index (χ2n) is 4.23. The maximum atomic E-state index is 11.8. The summed E-state index contributed by atoms with van der Waals surface area (Å²) in [5, 5.41) is 11.7. The molecule has 1 aromatic carbocycles. The number of hydrogen-bond acceptors (Lipinski definition) is 3. The van der Waals surface area contributed by atoms with Crippen LogP contribution in [0.3, 0.4) is 0 Å². The summed E-state index contributed by atoms with van der Waals surface area (Å²) in [7, 11) is 0. The van der Waals surface area contributed by atoms with E-state index in [9.17, 15) is 9.59 Å². The van der Waals surface area contributed by atoms with Gasteiger partial charge in [-0.2, -0.15) is 0 Å². The van der Waals surface area contributed by atoms with Crippen LogP contribution < -0.4 is 11.1 Å². The van der Waals surface area contributed by atoms with E-state index in [4.69, 9.17) is 10.8 Å². The molecule has 0 aromatic heterocycles. The van der Waals surface area contributed by atoms with Crippen molar-refractivity contribution in [3.63, 3.8) is 0 Å². The molecule has 1 aromatic rings. The number of hydrogen-bond donors (Lipinski definition) is 3. The van der Waals surface area contributed by atoms with Crippen LogP contribution >= 0.6 is 22.6 Å². The Bertz CT molecular complexity index is 477. The molecule has 0 unspecified atom stereocenters. The zero-order valence-corrected chi connectivity index (χ0v) is 12.8. The predicted molar refractivity (Wildman–Crippen MR) is 82.2 cm³/mol. The first-order valence-corrected chi connectivity index (χ1v) is 7.12. The number of rotatable bonds is 6. The van der Waals surface area contributed by atoms with E-state index in [-0.39, 0.29) is 17.2 Å². The van der Waals surface area contributed by atoms with Crippen LogP contribution in [0.15, 0.2) is 18.2 Å². The first-order valence-electron chi connectivity index (χ1n) is 6.05. The van der Waals surface area contributed by atoms with Crippen molar-refractivity contribution >= 4 is 40.2 Å². The van der Waals surface area contributed by atoms with E-state index < -0.39 is 12.0 Å². The van der Waals surface area contributed by atoms with Crippen molar-refractivity contribution in [1.29, 1.82) is 0 Å². The molecular weight excluding hydrogens is 359 g/mol. The lowest BCUT2D eigenvalue weighted by molar-refractivity contribution is -0.117. The molecule has 0 heterocycles. The third-order valence-electron chi connectivity index (χ3n) is 2.68. The summed E-state index contributed by atoms with van der Waals surface area (Å²) in [5.41, 5.74) is 6.10. The molecule has 0 bridgehead atoms. The Morgan fingerprint density at radius 2 is 2.16 bits per heavy atom. The van der Waals surface area contributed by atoms with E-state index in [1.807, 2.05) is 29.5 Å². The molecule has 0 aliphatic heterocycles. The van der Waals surface area contributed by atoms with E-state index in [0.717, 1.165) is 16.4 Å². The van der Waals surface area contributed by atoms with Gasteiger partial charge >= 0.3 is 5.97 Å². The maximum Gasteiger partial charge on any atom is 0.337 e. The molecular formula is C13H17IN2O3. The lowest BCUT2D eigenvalue weighted by Gasteiger charge is -2.13. The average Bonchev–Trinajstić information content (AvgIpc) is 2.37. The molecule has 0 fully saturated rings. The number of carbonyl (C=O) groups is 2. The summed E-state index contributed by atoms with van der Waals surface area (Å²) in [6, 6.07) is 4.22. The lowest BCUT2D eigenvalue weighted by Crippen LogP contribution is -2.35. The number of unbranched alkanes of at least 4 members (excludes halogenated alkanes) is 1. The molecule has 19 heavy (non-hydrogen) atoms. The topological polar surface area (TPSA) is 92.4 Å². The van der Waals surface area contributed by atoms with Crippen LogP contribution in [0, 0.1) is 3.57 Å². The van der Waals surface area contributed by atoms with Gasteiger partial charge in [-0.3, -0.25) is 4.79 Å². The Balaban J connectivity index is 2.81. The fraction of sp³-hybridized carbons (Fsp3) is 0.385. The summed E-state index contributed by atoms with van der Waals surface area (Å²) in [6.45, 7) is 2.02. The van der Waals surface area contributed by atoms with Crippen LogP contribution in [-0.4, -0.2) is 23.0 Å². The van der Waals surface area contributed by atoms with Crippen LogP contribution in [-0.2, 0) is 4.79 Å². The number of amides is 1. The first-order chi connectivity index (χ1) is 8.95. The number of carbonyl (C=O) groups excluding carboxylic acids is 1. The molecule has 5 nitrogen and oxygen atoms in total. The first kappa shape index (κ1) is 15.9. The molecule has 1 amide bonds. The molecule has 104 valence electrons. The van der Waals surface area contributed by atoms with Gasteiger partial charge in [0.25, 0.3) is 0 Å². The number of halogens is 1. The van der Waals surface area contributed by atoms with Crippen LogP contribution in [0.25, 0.3) is 0 Å². The van der Waals surface area contributed by atoms with Gasteiger partial charge < -0.3 is 16.2 Å². The van der Waals surface area contributed by atoms with E-state index in [0.29, 0.717) is 6.42 Å². The van der Waals surface area contributed by atoms with Gasteiger partial charge in [0, 0.05) is 3.57 Å². The van der Waals surface area contributed by atoms with Gasteiger partial charge in [0.1, 0.15) is 0 Å².